The molecule has 146 valence electrons. The third-order valence-corrected chi connectivity index (χ3v) is 5.03. The van der Waals surface area contributed by atoms with Crippen molar-refractivity contribution in [2.45, 2.75) is 11.8 Å². The van der Waals surface area contributed by atoms with Crippen molar-refractivity contribution in [3.63, 3.8) is 0 Å². The van der Waals surface area contributed by atoms with Crippen LogP contribution in [0.1, 0.15) is 17.3 Å². The number of nitrogens with one attached hydrogen (secondary N) is 1. The molecule has 0 saturated carbocycles. The third kappa shape index (κ3) is 4.90. The van der Waals surface area contributed by atoms with Gasteiger partial charge in [0.25, 0.3) is 5.91 Å². The van der Waals surface area contributed by atoms with E-state index < -0.39 is 15.9 Å². The molecule has 0 unspecified atom stereocenters. The molecule has 2 aromatic rings. The lowest BCUT2D eigenvalue weighted by Gasteiger charge is -2.15. The minimum absolute atomic E-state index is 0.149. The molecule has 0 saturated heterocycles. The van der Waals surface area contributed by atoms with E-state index in [-0.39, 0.29) is 21.9 Å². The molecule has 0 spiro atoms. The van der Waals surface area contributed by atoms with Crippen LogP contribution in [-0.4, -0.2) is 35.2 Å². The van der Waals surface area contributed by atoms with E-state index in [0.717, 1.165) is 0 Å². The number of anilines is 1. The molecule has 0 radical (unpaired) electrons. The van der Waals surface area contributed by atoms with Crippen LogP contribution in [0.5, 0.6) is 17.2 Å². The maximum Gasteiger partial charge on any atom is 0.255 e. The van der Waals surface area contributed by atoms with Crippen molar-refractivity contribution in [2.75, 3.05) is 26.1 Å². The number of rotatable bonds is 7. The highest BCUT2D eigenvalue weighted by Gasteiger charge is 2.18. The van der Waals surface area contributed by atoms with Gasteiger partial charge in [0.2, 0.25) is 10.0 Å². The number of sulfonamides is 1. The molecule has 0 aliphatic carbocycles. The van der Waals surface area contributed by atoms with Crippen molar-refractivity contribution >= 4 is 37.5 Å². The smallest absolute Gasteiger partial charge is 0.255 e. The molecule has 0 fully saturated rings. The summed E-state index contributed by atoms with van der Waals surface area (Å²) in [7, 11) is -1.07. The van der Waals surface area contributed by atoms with Crippen LogP contribution in [0, 0.1) is 0 Å². The van der Waals surface area contributed by atoms with Gasteiger partial charge in [-0.3, -0.25) is 4.79 Å². The highest BCUT2D eigenvalue weighted by molar-refractivity contribution is 9.10. The summed E-state index contributed by atoms with van der Waals surface area (Å²) in [6, 6.07) is 7.01. The Hall–Kier alpha value is -2.30. The molecule has 0 atom stereocenters. The minimum atomic E-state index is -3.93. The SMILES string of the molecule is CCOc1c(Br)cc(C(=O)Nc2cc(S(N)(=O)=O)ccc2OC)cc1OC. The molecule has 27 heavy (non-hydrogen) atoms. The normalized spacial score (nSPS) is 11.0. The lowest BCUT2D eigenvalue weighted by atomic mass is 10.1. The number of hydrogen-bond acceptors (Lipinski definition) is 6. The van der Waals surface area contributed by atoms with Crippen LogP contribution < -0.4 is 24.7 Å². The summed E-state index contributed by atoms with van der Waals surface area (Å²) >= 11 is 3.35. The monoisotopic (exact) mass is 458 g/mol. The van der Waals surface area contributed by atoms with E-state index in [1.54, 1.807) is 6.07 Å². The predicted molar refractivity (Wildman–Crippen MR) is 104 cm³/mol. The van der Waals surface area contributed by atoms with E-state index in [9.17, 15) is 13.2 Å². The van der Waals surface area contributed by atoms with E-state index in [0.29, 0.717) is 22.6 Å². The van der Waals surface area contributed by atoms with Crippen LogP contribution in [0.25, 0.3) is 0 Å². The first-order chi connectivity index (χ1) is 12.7. The molecular weight excluding hydrogens is 440 g/mol. The number of benzene rings is 2. The fourth-order valence-corrected chi connectivity index (χ4v) is 3.39. The molecule has 10 heteroatoms. The Morgan fingerprint density at radius 3 is 2.37 bits per heavy atom. The molecule has 2 aromatic carbocycles. The Balaban J connectivity index is 2.41. The fourth-order valence-electron chi connectivity index (χ4n) is 2.29. The summed E-state index contributed by atoms with van der Waals surface area (Å²) < 4.78 is 39.6. The van der Waals surface area contributed by atoms with Gasteiger partial charge < -0.3 is 19.5 Å². The summed E-state index contributed by atoms with van der Waals surface area (Å²) in [6.45, 7) is 2.26. The molecule has 0 aromatic heterocycles. The standard InChI is InChI=1S/C17H19BrN2O6S/c1-4-26-16-12(18)7-10(8-15(16)25-3)17(21)20-13-9-11(27(19,22)23)5-6-14(13)24-2/h5-9H,4H2,1-3H3,(H,20,21)(H2,19,22,23). The Morgan fingerprint density at radius 1 is 1.15 bits per heavy atom. The molecular formula is C17H19BrN2O6S. The lowest BCUT2D eigenvalue weighted by molar-refractivity contribution is 0.102. The number of nitrogens with two attached hydrogens (primary N) is 1. The Bertz CT molecular complexity index is 962. The van der Waals surface area contributed by atoms with Crippen molar-refractivity contribution in [1.82, 2.24) is 0 Å². The van der Waals surface area contributed by atoms with Gasteiger partial charge in [-0.25, -0.2) is 13.6 Å². The molecule has 0 aliphatic heterocycles. The van der Waals surface area contributed by atoms with Crippen LogP contribution in [0.4, 0.5) is 5.69 Å². The predicted octanol–water partition coefficient (Wildman–Crippen LogP) is 2.76. The van der Waals surface area contributed by atoms with E-state index in [4.69, 9.17) is 19.3 Å². The second-order valence-electron chi connectivity index (χ2n) is 5.28. The summed E-state index contributed by atoms with van der Waals surface area (Å²) in [5, 5.41) is 7.76. The van der Waals surface area contributed by atoms with Gasteiger partial charge in [-0.2, -0.15) is 0 Å². The number of amides is 1. The summed E-state index contributed by atoms with van der Waals surface area (Å²) in [5.74, 6) is 0.640. The quantitative estimate of drug-likeness (QED) is 0.658. The number of carbonyl (C=O) groups excluding carboxylic acids is 1. The Morgan fingerprint density at radius 2 is 1.81 bits per heavy atom. The van der Waals surface area contributed by atoms with Gasteiger partial charge in [0.1, 0.15) is 5.75 Å². The van der Waals surface area contributed by atoms with E-state index in [1.807, 2.05) is 6.92 Å². The van der Waals surface area contributed by atoms with Gasteiger partial charge in [-0.1, -0.05) is 0 Å². The van der Waals surface area contributed by atoms with Crippen LogP contribution in [0.2, 0.25) is 0 Å². The van der Waals surface area contributed by atoms with E-state index in [1.165, 1.54) is 38.5 Å². The van der Waals surface area contributed by atoms with Gasteiger partial charge in [0.15, 0.2) is 11.5 Å². The van der Waals surface area contributed by atoms with Gasteiger partial charge in [0, 0.05) is 5.56 Å². The van der Waals surface area contributed by atoms with Crippen molar-refractivity contribution < 1.29 is 27.4 Å². The topological polar surface area (TPSA) is 117 Å². The second kappa shape index (κ2) is 8.59. The van der Waals surface area contributed by atoms with E-state index >= 15 is 0 Å². The lowest BCUT2D eigenvalue weighted by Crippen LogP contribution is -2.16. The number of methoxy groups -OCH3 is 2. The molecule has 3 N–H and O–H groups in total. The summed E-state index contributed by atoms with van der Waals surface area (Å²) in [5.41, 5.74) is 0.434. The number of primary sulfonamides is 1. The number of carbonyl (C=O) groups is 1. The van der Waals surface area contributed by atoms with Gasteiger partial charge in [-0.15, -0.1) is 0 Å². The summed E-state index contributed by atoms with van der Waals surface area (Å²) in [4.78, 5) is 12.5. The summed E-state index contributed by atoms with van der Waals surface area (Å²) in [6.07, 6.45) is 0. The zero-order valence-electron chi connectivity index (χ0n) is 14.9. The average Bonchev–Trinajstić information content (AvgIpc) is 2.62. The Kier molecular flexibility index (Phi) is 6.68. The van der Waals surface area contributed by atoms with Gasteiger partial charge >= 0.3 is 0 Å². The average molecular weight is 459 g/mol. The highest BCUT2D eigenvalue weighted by Crippen LogP contribution is 2.37. The van der Waals surface area contributed by atoms with Crippen LogP contribution in [0.3, 0.4) is 0 Å². The maximum atomic E-state index is 12.7. The van der Waals surface area contributed by atoms with Crippen LogP contribution >= 0.6 is 15.9 Å². The highest BCUT2D eigenvalue weighted by atomic mass is 79.9. The van der Waals surface area contributed by atoms with Crippen LogP contribution in [0.15, 0.2) is 39.7 Å². The molecule has 8 nitrogen and oxygen atoms in total. The zero-order valence-corrected chi connectivity index (χ0v) is 17.3. The molecule has 0 aliphatic rings. The third-order valence-electron chi connectivity index (χ3n) is 3.53. The first kappa shape index (κ1) is 21.0. The molecule has 1 amide bonds. The molecule has 2 rings (SSSR count). The second-order valence-corrected chi connectivity index (χ2v) is 7.70. The first-order valence-corrected chi connectivity index (χ1v) is 10.1. The van der Waals surface area contributed by atoms with Crippen molar-refractivity contribution in [2.24, 2.45) is 5.14 Å². The van der Waals surface area contributed by atoms with E-state index in [2.05, 4.69) is 21.2 Å². The number of hydrogen-bond donors (Lipinski definition) is 2. The number of ether oxygens (including phenoxy) is 3. The van der Waals surface area contributed by atoms with Crippen LogP contribution in [-0.2, 0) is 10.0 Å². The van der Waals surface area contributed by atoms with Crippen molar-refractivity contribution in [3.05, 3.63) is 40.4 Å². The fraction of sp³-hybridized carbons (Fsp3) is 0.235. The number of halogens is 1. The zero-order chi connectivity index (χ0) is 20.2. The maximum absolute atomic E-state index is 12.7. The molecule has 0 heterocycles. The largest absolute Gasteiger partial charge is 0.495 e. The first-order valence-electron chi connectivity index (χ1n) is 7.73. The Labute approximate surface area is 165 Å². The molecule has 0 bridgehead atoms. The van der Waals surface area contributed by atoms with Gasteiger partial charge in [0.05, 0.1) is 35.9 Å². The van der Waals surface area contributed by atoms with Crippen molar-refractivity contribution in [3.8, 4) is 17.2 Å². The minimum Gasteiger partial charge on any atom is -0.495 e. The van der Waals surface area contributed by atoms with Gasteiger partial charge in [-0.05, 0) is 53.2 Å². The van der Waals surface area contributed by atoms with Crippen molar-refractivity contribution in [1.29, 1.82) is 0 Å².